The number of carbonyl (C=O) groups excluding carboxylic acids is 2. The Hall–Kier alpha value is -1.79. The van der Waals surface area contributed by atoms with Crippen LogP contribution in [0, 0.1) is 5.41 Å². The number of hydrogen-bond donors (Lipinski definition) is 2. The topological polar surface area (TPSA) is 90.0 Å². The standard InChI is InChI=1S/C14H23N3O4/c1-14(12(19)20)5-8-16(9-6-14)13(21)17-7-3-4-10(17)11(18)15-2/h10H,3-9H2,1-2H3,(H,15,18)(H,19,20). The molecule has 0 aromatic rings. The minimum Gasteiger partial charge on any atom is -0.481 e. The molecule has 0 aromatic carbocycles. The highest BCUT2D eigenvalue weighted by atomic mass is 16.4. The highest BCUT2D eigenvalue weighted by molar-refractivity contribution is 5.87. The van der Waals surface area contributed by atoms with Gasteiger partial charge in [-0.1, -0.05) is 0 Å². The van der Waals surface area contributed by atoms with E-state index in [0.29, 0.717) is 38.9 Å². The van der Waals surface area contributed by atoms with Crippen LogP contribution in [-0.2, 0) is 9.59 Å². The van der Waals surface area contributed by atoms with Crippen LogP contribution in [0.2, 0.25) is 0 Å². The van der Waals surface area contributed by atoms with Crippen LogP contribution in [0.1, 0.15) is 32.6 Å². The summed E-state index contributed by atoms with van der Waals surface area (Å²) in [5.74, 6) is -0.938. The summed E-state index contributed by atoms with van der Waals surface area (Å²) in [6.07, 6.45) is 2.41. The summed E-state index contributed by atoms with van der Waals surface area (Å²) in [6.45, 7) is 3.17. The fraction of sp³-hybridized carbons (Fsp3) is 0.786. The molecule has 2 rings (SSSR count). The van der Waals surface area contributed by atoms with Crippen molar-refractivity contribution in [3.05, 3.63) is 0 Å². The van der Waals surface area contributed by atoms with E-state index < -0.39 is 17.4 Å². The fourth-order valence-electron chi connectivity index (χ4n) is 3.02. The fourth-order valence-corrected chi connectivity index (χ4v) is 3.02. The van der Waals surface area contributed by atoms with Gasteiger partial charge in [0.2, 0.25) is 5.91 Å². The minimum absolute atomic E-state index is 0.131. The zero-order valence-electron chi connectivity index (χ0n) is 12.6. The number of amides is 3. The minimum atomic E-state index is -0.806. The van der Waals surface area contributed by atoms with Crippen molar-refractivity contribution < 1.29 is 19.5 Å². The first-order valence-corrected chi connectivity index (χ1v) is 7.39. The van der Waals surface area contributed by atoms with E-state index in [0.717, 1.165) is 6.42 Å². The quantitative estimate of drug-likeness (QED) is 0.777. The van der Waals surface area contributed by atoms with Crippen LogP contribution >= 0.6 is 0 Å². The Labute approximate surface area is 124 Å². The van der Waals surface area contributed by atoms with Crippen molar-refractivity contribution in [3.63, 3.8) is 0 Å². The van der Waals surface area contributed by atoms with Crippen LogP contribution < -0.4 is 5.32 Å². The molecule has 0 spiro atoms. The first-order valence-electron chi connectivity index (χ1n) is 7.39. The molecule has 2 N–H and O–H groups in total. The zero-order chi connectivity index (χ0) is 15.6. The molecule has 1 atom stereocenters. The molecular weight excluding hydrogens is 274 g/mol. The summed E-state index contributed by atoms with van der Waals surface area (Å²) < 4.78 is 0. The second-order valence-electron chi connectivity index (χ2n) is 6.10. The van der Waals surface area contributed by atoms with Gasteiger partial charge in [-0.05, 0) is 32.6 Å². The summed E-state index contributed by atoms with van der Waals surface area (Å²) in [5, 5.41) is 11.8. The first kappa shape index (κ1) is 15.6. The van der Waals surface area contributed by atoms with Crippen molar-refractivity contribution in [3.8, 4) is 0 Å². The molecule has 3 amide bonds. The number of carboxylic acid groups (broad SMARTS) is 1. The van der Waals surface area contributed by atoms with Gasteiger partial charge in [0.25, 0.3) is 0 Å². The van der Waals surface area contributed by atoms with Crippen LogP contribution in [0.15, 0.2) is 0 Å². The Kier molecular flexibility index (Phi) is 4.39. The van der Waals surface area contributed by atoms with Gasteiger partial charge in [0.05, 0.1) is 5.41 Å². The molecule has 7 nitrogen and oxygen atoms in total. The van der Waals surface area contributed by atoms with Crippen LogP contribution in [-0.4, -0.2) is 65.5 Å². The molecule has 2 heterocycles. The Morgan fingerprint density at radius 1 is 1.19 bits per heavy atom. The number of piperidine rings is 1. The van der Waals surface area contributed by atoms with Crippen LogP contribution in [0.4, 0.5) is 4.79 Å². The normalized spacial score (nSPS) is 24.8. The summed E-state index contributed by atoms with van der Waals surface area (Å²) in [6, 6.07) is -0.538. The highest BCUT2D eigenvalue weighted by Gasteiger charge is 2.41. The number of likely N-dealkylation sites (tertiary alicyclic amines) is 2. The van der Waals surface area contributed by atoms with Gasteiger partial charge < -0.3 is 20.2 Å². The summed E-state index contributed by atoms with van der Waals surface area (Å²) >= 11 is 0. The van der Waals surface area contributed by atoms with Crippen molar-refractivity contribution in [2.24, 2.45) is 5.41 Å². The van der Waals surface area contributed by atoms with Crippen molar-refractivity contribution in [1.29, 1.82) is 0 Å². The van der Waals surface area contributed by atoms with Crippen LogP contribution in [0.25, 0.3) is 0 Å². The lowest BCUT2D eigenvalue weighted by molar-refractivity contribution is -0.150. The van der Waals surface area contributed by atoms with Crippen molar-refractivity contribution in [1.82, 2.24) is 15.1 Å². The number of rotatable bonds is 2. The molecule has 0 saturated carbocycles. The number of hydrogen-bond acceptors (Lipinski definition) is 3. The van der Waals surface area contributed by atoms with Gasteiger partial charge in [-0.3, -0.25) is 9.59 Å². The van der Waals surface area contributed by atoms with Gasteiger partial charge in [-0.2, -0.15) is 0 Å². The van der Waals surface area contributed by atoms with Gasteiger partial charge in [0.15, 0.2) is 0 Å². The van der Waals surface area contributed by atoms with E-state index in [-0.39, 0.29) is 11.9 Å². The summed E-state index contributed by atoms with van der Waals surface area (Å²) in [4.78, 5) is 38.8. The predicted molar refractivity (Wildman–Crippen MR) is 75.7 cm³/mol. The van der Waals surface area contributed by atoms with Crippen molar-refractivity contribution >= 4 is 17.9 Å². The monoisotopic (exact) mass is 297 g/mol. The molecule has 2 saturated heterocycles. The molecule has 2 aliphatic heterocycles. The Morgan fingerprint density at radius 3 is 2.33 bits per heavy atom. The molecule has 21 heavy (non-hydrogen) atoms. The van der Waals surface area contributed by atoms with E-state index in [1.54, 1.807) is 23.8 Å². The number of aliphatic carboxylic acids is 1. The predicted octanol–water partition coefficient (Wildman–Crippen LogP) is 0.503. The van der Waals surface area contributed by atoms with Gasteiger partial charge in [-0.25, -0.2) is 4.79 Å². The van der Waals surface area contributed by atoms with Gasteiger partial charge >= 0.3 is 12.0 Å². The Balaban J connectivity index is 1.99. The third kappa shape index (κ3) is 2.96. The van der Waals surface area contributed by atoms with E-state index in [9.17, 15) is 19.5 Å². The van der Waals surface area contributed by atoms with E-state index in [4.69, 9.17) is 0 Å². The van der Waals surface area contributed by atoms with Crippen LogP contribution in [0.3, 0.4) is 0 Å². The average Bonchev–Trinajstić information content (AvgIpc) is 2.95. The van der Waals surface area contributed by atoms with Crippen molar-refractivity contribution in [2.75, 3.05) is 26.7 Å². The van der Waals surface area contributed by atoms with Gasteiger partial charge in [0, 0.05) is 26.7 Å². The lowest BCUT2D eigenvalue weighted by atomic mass is 9.80. The zero-order valence-corrected chi connectivity index (χ0v) is 12.6. The molecule has 0 aromatic heterocycles. The molecule has 1 unspecified atom stereocenters. The van der Waals surface area contributed by atoms with Gasteiger partial charge in [-0.15, -0.1) is 0 Å². The first-order chi connectivity index (χ1) is 9.89. The molecule has 2 fully saturated rings. The number of urea groups is 1. The molecule has 118 valence electrons. The molecule has 0 bridgehead atoms. The third-order valence-corrected chi connectivity index (χ3v) is 4.70. The van der Waals surface area contributed by atoms with E-state index in [1.165, 1.54) is 0 Å². The lowest BCUT2D eigenvalue weighted by Gasteiger charge is -2.39. The molecule has 0 aliphatic carbocycles. The second kappa shape index (κ2) is 5.91. The molecule has 0 radical (unpaired) electrons. The maximum absolute atomic E-state index is 12.5. The Morgan fingerprint density at radius 2 is 1.81 bits per heavy atom. The highest BCUT2D eigenvalue weighted by Crippen LogP contribution is 2.32. The number of carboxylic acids is 1. The number of likely N-dealkylation sites (N-methyl/N-ethyl adjacent to an activating group) is 1. The summed E-state index contributed by atoms with van der Waals surface area (Å²) in [5.41, 5.74) is -0.748. The Bertz CT molecular complexity index is 444. The SMILES string of the molecule is CNC(=O)C1CCCN1C(=O)N1CCC(C)(C(=O)O)CC1. The van der Waals surface area contributed by atoms with E-state index in [1.807, 2.05) is 0 Å². The lowest BCUT2D eigenvalue weighted by Crippen LogP contribution is -2.53. The third-order valence-electron chi connectivity index (χ3n) is 4.70. The number of nitrogens with one attached hydrogen (secondary N) is 1. The molecular formula is C14H23N3O4. The largest absolute Gasteiger partial charge is 0.481 e. The maximum Gasteiger partial charge on any atom is 0.320 e. The van der Waals surface area contributed by atoms with Crippen LogP contribution in [0.5, 0.6) is 0 Å². The molecule has 7 heteroatoms. The maximum atomic E-state index is 12.5. The molecule has 2 aliphatic rings. The van der Waals surface area contributed by atoms with Crippen molar-refractivity contribution in [2.45, 2.75) is 38.6 Å². The number of nitrogens with zero attached hydrogens (tertiary/aromatic N) is 2. The van der Waals surface area contributed by atoms with E-state index in [2.05, 4.69) is 5.32 Å². The summed E-state index contributed by atoms with van der Waals surface area (Å²) in [7, 11) is 1.57. The smallest absolute Gasteiger partial charge is 0.320 e. The number of carbonyl (C=O) groups is 3. The van der Waals surface area contributed by atoms with E-state index >= 15 is 0 Å². The second-order valence-corrected chi connectivity index (χ2v) is 6.10. The van der Waals surface area contributed by atoms with Gasteiger partial charge in [0.1, 0.15) is 6.04 Å². The average molecular weight is 297 g/mol.